The number of thiazole rings is 1. The summed E-state index contributed by atoms with van der Waals surface area (Å²) in [6, 6.07) is 8.40. The van der Waals surface area contributed by atoms with Crippen molar-refractivity contribution in [3.63, 3.8) is 0 Å². The Balaban J connectivity index is 1.49. The summed E-state index contributed by atoms with van der Waals surface area (Å²) in [5, 5.41) is 6.40. The number of ether oxygens (including phenoxy) is 1. The Kier molecular flexibility index (Phi) is 5.32. The molecule has 0 unspecified atom stereocenters. The molecule has 1 aromatic carbocycles. The summed E-state index contributed by atoms with van der Waals surface area (Å²) < 4.78 is 20.6. The van der Waals surface area contributed by atoms with E-state index in [1.54, 1.807) is 34.5 Å². The number of carbonyl (C=O) groups is 1. The molecule has 24 heavy (non-hydrogen) atoms. The van der Waals surface area contributed by atoms with Gasteiger partial charge in [-0.2, -0.15) is 5.10 Å². The number of esters is 1. The van der Waals surface area contributed by atoms with Crippen molar-refractivity contribution in [1.82, 2.24) is 14.8 Å². The molecule has 0 aliphatic carbocycles. The number of hydrogen-bond acceptors (Lipinski definition) is 5. The van der Waals surface area contributed by atoms with Gasteiger partial charge in [-0.15, -0.1) is 11.3 Å². The molecule has 0 bridgehead atoms. The molecule has 0 amide bonds. The first-order valence-corrected chi connectivity index (χ1v) is 8.43. The van der Waals surface area contributed by atoms with Gasteiger partial charge >= 0.3 is 5.97 Å². The van der Waals surface area contributed by atoms with Crippen LogP contribution in [0.2, 0.25) is 0 Å². The number of halogens is 1. The summed E-state index contributed by atoms with van der Waals surface area (Å²) in [4.78, 5) is 16.2. The van der Waals surface area contributed by atoms with E-state index in [1.807, 2.05) is 12.3 Å². The van der Waals surface area contributed by atoms with Crippen LogP contribution in [-0.2, 0) is 17.7 Å². The van der Waals surface area contributed by atoms with Crippen LogP contribution < -0.4 is 0 Å². The number of nitrogens with zero attached hydrogens (tertiary/aromatic N) is 3. The van der Waals surface area contributed by atoms with Crippen molar-refractivity contribution in [3.05, 3.63) is 70.2 Å². The molecule has 0 spiro atoms. The molecule has 0 fully saturated rings. The zero-order valence-corrected chi connectivity index (χ0v) is 13.7. The Labute approximate surface area is 142 Å². The van der Waals surface area contributed by atoms with E-state index in [0.717, 1.165) is 0 Å². The predicted octanol–water partition coefficient (Wildman–Crippen LogP) is 3.32. The second-order valence-electron chi connectivity index (χ2n) is 5.15. The normalized spacial score (nSPS) is 10.7. The van der Waals surface area contributed by atoms with E-state index in [1.165, 1.54) is 17.4 Å². The number of hydrogen-bond donors (Lipinski definition) is 0. The molecule has 0 N–H and O–H groups in total. The molecule has 7 heteroatoms. The van der Waals surface area contributed by atoms with Gasteiger partial charge in [0.25, 0.3) is 0 Å². The zero-order valence-electron chi connectivity index (χ0n) is 12.9. The maximum absolute atomic E-state index is 13.6. The van der Waals surface area contributed by atoms with Crippen molar-refractivity contribution in [1.29, 1.82) is 0 Å². The third-order valence-electron chi connectivity index (χ3n) is 3.38. The van der Waals surface area contributed by atoms with E-state index in [4.69, 9.17) is 4.74 Å². The van der Waals surface area contributed by atoms with Crippen molar-refractivity contribution in [2.24, 2.45) is 0 Å². The second-order valence-corrected chi connectivity index (χ2v) is 6.10. The molecule has 0 atom stereocenters. The van der Waals surface area contributed by atoms with E-state index >= 15 is 0 Å². The van der Waals surface area contributed by atoms with E-state index in [-0.39, 0.29) is 11.5 Å². The average Bonchev–Trinajstić information content (AvgIpc) is 3.25. The van der Waals surface area contributed by atoms with E-state index in [9.17, 15) is 9.18 Å². The van der Waals surface area contributed by atoms with Crippen LogP contribution >= 0.6 is 11.3 Å². The molecule has 0 aliphatic heterocycles. The first kappa shape index (κ1) is 16.3. The number of aryl methyl sites for hydroxylation is 1. The number of rotatable bonds is 7. The molecule has 124 valence electrons. The SMILES string of the molecule is O=C(OCCCn1cccn1)c1csc(Cc2ccccc2F)n1. The molecule has 2 aromatic heterocycles. The topological polar surface area (TPSA) is 57.0 Å². The van der Waals surface area contributed by atoms with Gasteiger partial charge in [0.1, 0.15) is 5.82 Å². The third-order valence-corrected chi connectivity index (χ3v) is 4.23. The Morgan fingerprint density at radius 2 is 2.17 bits per heavy atom. The van der Waals surface area contributed by atoms with Crippen LogP contribution in [0, 0.1) is 5.82 Å². The smallest absolute Gasteiger partial charge is 0.357 e. The highest BCUT2D eigenvalue weighted by atomic mass is 32.1. The highest BCUT2D eigenvalue weighted by molar-refractivity contribution is 7.09. The quantitative estimate of drug-likeness (QED) is 0.487. The van der Waals surface area contributed by atoms with Gasteiger partial charge < -0.3 is 4.74 Å². The number of carbonyl (C=O) groups excluding carboxylic acids is 1. The average molecular weight is 345 g/mol. The van der Waals surface area contributed by atoms with Gasteiger partial charge in [0.15, 0.2) is 5.69 Å². The predicted molar refractivity (Wildman–Crippen MR) is 88.4 cm³/mol. The third kappa shape index (κ3) is 4.26. The van der Waals surface area contributed by atoms with Crippen molar-refractivity contribution >= 4 is 17.3 Å². The van der Waals surface area contributed by atoms with Crippen LogP contribution in [0.1, 0.15) is 27.5 Å². The molecule has 5 nitrogen and oxygen atoms in total. The van der Waals surface area contributed by atoms with Gasteiger partial charge in [0.05, 0.1) is 11.6 Å². The Morgan fingerprint density at radius 1 is 1.29 bits per heavy atom. The summed E-state index contributed by atoms with van der Waals surface area (Å²) >= 11 is 1.33. The summed E-state index contributed by atoms with van der Waals surface area (Å²) in [5.74, 6) is -0.720. The monoisotopic (exact) mass is 345 g/mol. The Hall–Kier alpha value is -2.54. The van der Waals surface area contributed by atoms with Crippen LogP contribution in [0.4, 0.5) is 4.39 Å². The lowest BCUT2D eigenvalue weighted by atomic mass is 10.1. The van der Waals surface area contributed by atoms with E-state index < -0.39 is 5.97 Å². The Bertz CT molecular complexity index is 802. The molecule has 3 rings (SSSR count). The van der Waals surface area contributed by atoms with Crippen LogP contribution in [0.5, 0.6) is 0 Å². The first-order chi connectivity index (χ1) is 11.7. The lowest BCUT2D eigenvalue weighted by Gasteiger charge is -2.03. The maximum Gasteiger partial charge on any atom is 0.357 e. The van der Waals surface area contributed by atoms with Crippen LogP contribution in [0.15, 0.2) is 48.1 Å². The lowest BCUT2D eigenvalue weighted by Crippen LogP contribution is -2.09. The van der Waals surface area contributed by atoms with Gasteiger partial charge in [0, 0.05) is 37.2 Å². The van der Waals surface area contributed by atoms with Crippen molar-refractivity contribution in [2.75, 3.05) is 6.61 Å². The molecular weight excluding hydrogens is 329 g/mol. The van der Waals surface area contributed by atoms with Gasteiger partial charge in [-0.25, -0.2) is 14.2 Å². The zero-order chi connectivity index (χ0) is 16.8. The van der Waals surface area contributed by atoms with Crippen molar-refractivity contribution in [2.45, 2.75) is 19.4 Å². The van der Waals surface area contributed by atoms with Crippen LogP contribution in [0.25, 0.3) is 0 Å². The fraction of sp³-hybridized carbons (Fsp3) is 0.235. The Morgan fingerprint density at radius 3 is 2.96 bits per heavy atom. The summed E-state index contributed by atoms with van der Waals surface area (Å²) in [7, 11) is 0. The van der Waals surface area contributed by atoms with Crippen LogP contribution in [0.3, 0.4) is 0 Å². The molecular formula is C17H16FN3O2S. The highest BCUT2D eigenvalue weighted by Gasteiger charge is 2.13. The van der Waals surface area contributed by atoms with Crippen molar-refractivity contribution < 1.29 is 13.9 Å². The standard InChI is InChI=1S/C17H16FN3O2S/c18-14-6-2-1-5-13(14)11-16-20-15(12-24-16)17(22)23-10-4-9-21-8-3-7-19-21/h1-3,5-8,12H,4,9-11H2. The highest BCUT2D eigenvalue weighted by Crippen LogP contribution is 2.17. The minimum atomic E-state index is -0.452. The molecule has 0 saturated carbocycles. The van der Waals surface area contributed by atoms with Crippen LogP contribution in [-0.4, -0.2) is 27.3 Å². The lowest BCUT2D eigenvalue weighted by molar-refractivity contribution is 0.0488. The molecule has 0 aliphatic rings. The van der Waals surface area contributed by atoms with E-state index in [2.05, 4.69) is 10.1 Å². The second kappa shape index (κ2) is 7.83. The largest absolute Gasteiger partial charge is 0.461 e. The van der Waals surface area contributed by atoms with Crippen molar-refractivity contribution in [3.8, 4) is 0 Å². The van der Waals surface area contributed by atoms with E-state index in [0.29, 0.717) is 36.6 Å². The van der Waals surface area contributed by atoms with Gasteiger partial charge in [-0.05, 0) is 17.7 Å². The maximum atomic E-state index is 13.6. The van der Waals surface area contributed by atoms with Gasteiger partial charge in [-0.3, -0.25) is 4.68 Å². The molecule has 2 heterocycles. The van der Waals surface area contributed by atoms with Gasteiger partial charge in [-0.1, -0.05) is 18.2 Å². The summed E-state index contributed by atoms with van der Waals surface area (Å²) in [5.41, 5.74) is 0.830. The fourth-order valence-electron chi connectivity index (χ4n) is 2.19. The number of aromatic nitrogens is 3. The first-order valence-electron chi connectivity index (χ1n) is 7.55. The summed E-state index contributed by atoms with van der Waals surface area (Å²) in [6.07, 6.45) is 4.61. The minimum absolute atomic E-state index is 0.268. The fourth-order valence-corrected chi connectivity index (χ4v) is 2.98. The molecule has 0 saturated heterocycles. The number of benzene rings is 1. The summed E-state index contributed by atoms with van der Waals surface area (Å²) in [6.45, 7) is 0.995. The van der Waals surface area contributed by atoms with Gasteiger partial charge in [0.2, 0.25) is 0 Å². The minimum Gasteiger partial charge on any atom is -0.461 e. The molecule has 0 radical (unpaired) electrons. The molecule has 3 aromatic rings.